The highest BCUT2D eigenvalue weighted by Gasteiger charge is 2.36. The van der Waals surface area contributed by atoms with Gasteiger partial charge in [0.15, 0.2) is 0 Å². The molecule has 0 radical (unpaired) electrons. The molecule has 2 fully saturated rings. The molecule has 3 heterocycles. The molecule has 6 nitrogen and oxygen atoms in total. The van der Waals surface area contributed by atoms with Crippen LogP contribution in [0.2, 0.25) is 0 Å². The summed E-state index contributed by atoms with van der Waals surface area (Å²) in [5.74, 6) is 0.169. The molecular formula is C16H24N4O2S. The van der Waals surface area contributed by atoms with Crippen LogP contribution >= 0.6 is 11.3 Å². The molecule has 1 atom stereocenters. The van der Waals surface area contributed by atoms with Gasteiger partial charge in [0.25, 0.3) is 5.91 Å². The zero-order valence-electron chi connectivity index (χ0n) is 14.0. The SMILES string of the molecule is Cc1nc(C(=O)NC2CCN(C3CCN(C)C3=O)CC2)c(C)s1. The zero-order chi connectivity index (χ0) is 16.6. The van der Waals surface area contributed by atoms with E-state index in [0.717, 1.165) is 48.8 Å². The van der Waals surface area contributed by atoms with E-state index in [9.17, 15) is 9.59 Å². The fourth-order valence-electron chi connectivity index (χ4n) is 3.49. The minimum atomic E-state index is -0.0676. The molecule has 1 aromatic heterocycles. The summed E-state index contributed by atoms with van der Waals surface area (Å²) in [6.45, 7) is 6.43. The number of likely N-dealkylation sites (tertiary alicyclic amines) is 2. The Labute approximate surface area is 140 Å². The normalized spacial score (nSPS) is 23.5. The van der Waals surface area contributed by atoms with E-state index in [1.54, 1.807) is 11.3 Å². The van der Waals surface area contributed by atoms with Crippen molar-refractivity contribution in [1.29, 1.82) is 0 Å². The highest BCUT2D eigenvalue weighted by Crippen LogP contribution is 2.21. The van der Waals surface area contributed by atoms with E-state index in [1.807, 2.05) is 25.8 Å². The first-order chi connectivity index (χ1) is 11.0. The Morgan fingerprint density at radius 1 is 1.22 bits per heavy atom. The van der Waals surface area contributed by atoms with Crippen LogP contribution < -0.4 is 5.32 Å². The van der Waals surface area contributed by atoms with Gasteiger partial charge in [-0.1, -0.05) is 0 Å². The fourth-order valence-corrected chi connectivity index (χ4v) is 4.31. The van der Waals surface area contributed by atoms with Crippen molar-refractivity contribution in [2.45, 2.75) is 45.2 Å². The van der Waals surface area contributed by atoms with Gasteiger partial charge >= 0.3 is 0 Å². The van der Waals surface area contributed by atoms with Gasteiger partial charge < -0.3 is 10.2 Å². The van der Waals surface area contributed by atoms with E-state index >= 15 is 0 Å². The van der Waals surface area contributed by atoms with E-state index in [-0.39, 0.29) is 23.9 Å². The third-order valence-electron chi connectivity index (χ3n) is 4.82. The second-order valence-electron chi connectivity index (χ2n) is 6.49. The average Bonchev–Trinajstić information content (AvgIpc) is 3.03. The molecule has 23 heavy (non-hydrogen) atoms. The monoisotopic (exact) mass is 336 g/mol. The topological polar surface area (TPSA) is 65.5 Å². The van der Waals surface area contributed by atoms with Gasteiger partial charge in [-0.15, -0.1) is 11.3 Å². The van der Waals surface area contributed by atoms with E-state index in [2.05, 4.69) is 15.2 Å². The third kappa shape index (κ3) is 3.40. The quantitative estimate of drug-likeness (QED) is 0.900. The lowest BCUT2D eigenvalue weighted by Gasteiger charge is -2.35. The molecule has 0 spiro atoms. The number of amides is 2. The summed E-state index contributed by atoms with van der Waals surface area (Å²) >= 11 is 1.55. The average molecular weight is 336 g/mol. The molecule has 1 unspecified atom stereocenters. The van der Waals surface area contributed by atoms with Gasteiger partial charge in [0.1, 0.15) is 5.69 Å². The van der Waals surface area contributed by atoms with Crippen molar-refractivity contribution in [3.63, 3.8) is 0 Å². The summed E-state index contributed by atoms with van der Waals surface area (Å²) in [4.78, 5) is 33.8. The summed E-state index contributed by atoms with van der Waals surface area (Å²) in [6, 6.07) is 0.217. The first-order valence-corrected chi connectivity index (χ1v) is 9.01. The third-order valence-corrected chi connectivity index (χ3v) is 5.71. The number of nitrogens with zero attached hydrogens (tertiary/aromatic N) is 3. The van der Waals surface area contributed by atoms with Gasteiger partial charge in [-0.2, -0.15) is 0 Å². The molecular weight excluding hydrogens is 312 g/mol. The van der Waals surface area contributed by atoms with Crippen molar-refractivity contribution in [2.75, 3.05) is 26.7 Å². The molecule has 0 bridgehead atoms. The van der Waals surface area contributed by atoms with Gasteiger partial charge in [-0.05, 0) is 33.1 Å². The molecule has 2 aliphatic heterocycles. The Morgan fingerprint density at radius 3 is 2.43 bits per heavy atom. The zero-order valence-corrected chi connectivity index (χ0v) is 14.8. The molecule has 1 N–H and O–H groups in total. The van der Waals surface area contributed by atoms with Crippen LogP contribution in [-0.4, -0.2) is 65.4 Å². The number of aryl methyl sites for hydroxylation is 2. The van der Waals surface area contributed by atoms with E-state index in [4.69, 9.17) is 0 Å². The predicted octanol–water partition coefficient (Wildman–Crippen LogP) is 1.18. The Morgan fingerprint density at radius 2 is 1.91 bits per heavy atom. The summed E-state index contributed by atoms with van der Waals surface area (Å²) in [7, 11) is 1.87. The fraction of sp³-hybridized carbons (Fsp3) is 0.688. The Balaban J connectivity index is 1.52. The molecule has 2 amide bonds. The highest BCUT2D eigenvalue weighted by molar-refractivity contribution is 7.11. The van der Waals surface area contributed by atoms with Crippen LogP contribution in [0.3, 0.4) is 0 Å². The molecule has 0 aliphatic carbocycles. The summed E-state index contributed by atoms with van der Waals surface area (Å²) in [5, 5.41) is 4.03. The van der Waals surface area contributed by atoms with Crippen LogP contribution in [0.25, 0.3) is 0 Å². The van der Waals surface area contributed by atoms with Crippen molar-refractivity contribution >= 4 is 23.2 Å². The van der Waals surface area contributed by atoms with Gasteiger partial charge in [0.05, 0.1) is 11.0 Å². The second-order valence-corrected chi connectivity index (χ2v) is 7.89. The molecule has 0 aromatic carbocycles. The van der Waals surface area contributed by atoms with Crippen molar-refractivity contribution in [2.24, 2.45) is 0 Å². The number of hydrogen-bond donors (Lipinski definition) is 1. The lowest BCUT2D eigenvalue weighted by molar-refractivity contribution is -0.131. The number of aromatic nitrogens is 1. The maximum atomic E-state index is 12.3. The number of likely N-dealkylation sites (N-methyl/N-ethyl adjacent to an activating group) is 1. The number of carbonyl (C=O) groups is 2. The first kappa shape index (κ1) is 16.4. The highest BCUT2D eigenvalue weighted by atomic mass is 32.1. The predicted molar refractivity (Wildman–Crippen MR) is 89.7 cm³/mol. The van der Waals surface area contributed by atoms with Gasteiger partial charge in [-0.3, -0.25) is 14.5 Å². The number of hydrogen-bond acceptors (Lipinski definition) is 5. The van der Waals surface area contributed by atoms with Gasteiger partial charge in [0, 0.05) is 37.6 Å². The van der Waals surface area contributed by atoms with Crippen LogP contribution in [0.15, 0.2) is 0 Å². The molecule has 3 rings (SSSR count). The Bertz CT molecular complexity index is 607. The van der Waals surface area contributed by atoms with Crippen LogP contribution in [0.5, 0.6) is 0 Å². The standard InChI is InChI=1S/C16H24N4O2S/c1-10-14(17-11(2)23-10)15(21)18-12-4-8-20(9-5-12)13-6-7-19(3)16(13)22/h12-13H,4-9H2,1-3H3,(H,18,21). The Hall–Kier alpha value is -1.47. The minimum absolute atomic E-state index is 0.0417. The number of nitrogens with one attached hydrogen (secondary N) is 1. The number of thiazole rings is 1. The van der Waals surface area contributed by atoms with Crippen LogP contribution in [0.4, 0.5) is 0 Å². The molecule has 2 saturated heterocycles. The van der Waals surface area contributed by atoms with Crippen molar-refractivity contribution in [3.05, 3.63) is 15.6 Å². The van der Waals surface area contributed by atoms with E-state index in [0.29, 0.717) is 5.69 Å². The maximum Gasteiger partial charge on any atom is 0.271 e. The van der Waals surface area contributed by atoms with E-state index in [1.165, 1.54) is 0 Å². The van der Waals surface area contributed by atoms with Gasteiger partial charge in [-0.25, -0.2) is 4.98 Å². The van der Waals surface area contributed by atoms with Gasteiger partial charge in [0.2, 0.25) is 5.91 Å². The summed E-state index contributed by atoms with van der Waals surface area (Å²) in [5.41, 5.74) is 0.558. The minimum Gasteiger partial charge on any atom is -0.348 e. The van der Waals surface area contributed by atoms with Crippen LogP contribution in [-0.2, 0) is 4.79 Å². The van der Waals surface area contributed by atoms with Crippen molar-refractivity contribution in [1.82, 2.24) is 20.1 Å². The number of carbonyl (C=O) groups excluding carboxylic acids is 2. The summed E-state index contributed by atoms with van der Waals surface area (Å²) < 4.78 is 0. The maximum absolute atomic E-state index is 12.3. The van der Waals surface area contributed by atoms with Crippen LogP contribution in [0, 0.1) is 13.8 Å². The largest absolute Gasteiger partial charge is 0.348 e. The van der Waals surface area contributed by atoms with E-state index < -0.39 is 0 Å². The Kier molecular flexibility index (Phi) is 4.68. The lowest BCUT2D eigenvalue weighted by atomic mass is 10.0. The lowest BCUT2D eigenvalue weighted by Crippen LogP contribution is -2.50. The molecule has 0 saturated carbocycles. The molecule has 126 valence electrons. The first-order valence-electron chi connectivity index (χ1n) is 8.19. The van der Waals surface area contributed by atoms with Crippen molar-refractivity contribution in [3.8, 4) is 0 Å². The number of rotatable bonds is 3. The van der Waals surface area contributed by atoms with Crippen molar-refractivity contribution < 1.29 is 9.59 Å². The molecule has 2 aliphatic rings. The smallest absolute Gasteiger partial charge is 0.271 e. The summed E-state index contributed by atoms with van der Waals surface area (Å²) in [6.07, 6.45) is 2.70. The second kappa shape index (κ2) is 6.57. The molecule has 7 heteroatoms. The van der Waals surface area contributed by atoms with Crippen LogP contribution in [0.1, 0.15) is 39.6 Å². The number of piperidine rings is 1. The molecule has 1 aromatic rings.